The highest BCUT2D eigenvalue weighted by Crippen LogP contribution is 2.34. The van der Waals surface area contributed by atoms with Gasteiger partial charge in [0.25, 0.3) is 0 Å². The summed E-state index contributed by atoms with van der Waals surface area (Å²) in [4.78, 5) is 0. The van der Waals surface area contributed by atoms with Gasteiger partial charge in [-0.05, 0) is 19.9 Å². The van der Waals surface area contributed by atoms with E-state index in [0.29, 0.717) is 0 Å². The topological polar surface area (TPSA) is 44.0 Å². The molecule has 0 radical (unpaired) electrons. The second-order valence-corrected chi connectivity index (χ2v) is 3.93. The van der Waals surface area contributed by atoms with Crippen LogP contribution < -0.4 is 0 Å². The summed E-state index contributed by atoms with van der Waals surface area (Å²) in [5.41, 5.74) is -0.894. The Balaban J connectivity index is 3.44. The van der Waals surface area contributed by atoms with Crippen LogP contribution in [0.1, 0.15) is 19.4 Å². The molecule has 0 unspecified atom stereocenters. The second kappa shape index (κ2) is 3.47. The number of aromatic hydroxyl groups is 1. The van der Waals surface area contributed by atoms with Gasteiger partial charge in [-0.1, -0.05) is 11.6 Å². The van der Waals surface area contributed by atoms with Gasteiger partial charge in [-0.3, -0.25) is 0 Å². The zero-order chi connectivity index (χ0) is 10.9. The maximum atomic E-state index is 13.4. The van der Waals surface area contributed by atoms with Crippen molar-refractivity contribution in [2.45, 2.75) is 19.3 Å². The smallest absolute Gasteiger partial charge is 0.133 e. The number of phenolic OH excluding ortho intramolecular Hbond substituents is 1. The van der Waals surface area contributed by atoms with Gasteiger partial charge in [0, 0.05) is 11.6 Å². The van der Waals surface area contributed by atoms with Crippen molar-refractivity contribution in [2.75, 3.05) is 0 Å². The fourth-order valence-electron chi connectivity index (χ4n) is 1.21. The molecule has 74 valence electrons. The van der Waals surface area contributed by atoms with E-state index < -0.39 is 11.2 Å². The Bertz CT molecular complexity index is 386. The van der Waals surface area contributed by atoms with Crippen LogP contribution in [0.3, 0.4) is 0 Å². The number of halogens is 2. The second-order valence-electron chi connectivity index (χ2n) is 3.52. The maximum absolute atomic E-state index is 13.4. The van der Waals surface area contributed by atoms with Crippen molar-refractivity contribution in [3.05, 3.63) is 28.5 Å². The quantitative estimate of drug-likeness (QED) is 0.780. The number of hydrogen-bond acceptors (Lipinski definition) is 2. The number of nitrogens with zero attached hydrogens (tertiary/aromatic N) is 1. The Labute approximate surface area is 86.5 Å². The van der Waals surface area contributed by atoms with Crippen LogP contribution in [0.15, 0.2) is 12.1 Å². The van der Waals surface area contributed by atoms with Crippen molar-refractivity contribution in [3.8, 4) is 11.8 Å². The monoisotopic (exact) mass is 213 g/mol. The first-order valence-electron chi connectivity index (χ1n) is 3.98. The summed E-state index contributed by atoms with van der Waals surface area (Å²) >= 11 is 5.75. The van der Waals surface area contributed by atoms with E-state index in [0.717, 1.165) is 6.07 Å². The molecule has 0 aromatic heterocycles. The van der Waals surface area contributed by atoms with Gasteiger partial charge in [0.05, 0.1) is 16.5 Å². The highest BCUT2D eigenvalue weighted by Gasteiger charge is 2.27. The molecule has 0 saturated carbocycles. The van der Waals surface area contributed by atoms with Crippen molar-refractivity contribution >= 4 is 11.6 Å². The molecule has 0 bridgehead atoms. The number of nitriles is 1. The van der Waals surface area contributed by atoms with E-state index in [2.05, 4.69) is 0 Å². The molecule has 0 fully saturated rings. The fraction of sp³-hybridized carbons (Fsp3) is 0.300. The van der Waals surface area contributed by atoms with Gasteiger partial charge >= 0.3 is 0 Å². The van der Waals surface area contributed by atoms with Crippen molar-refractivity contribution in [1.29, 1.82) is 5.26 Å². The lowest BCUT2D eigenvalue weighted by Gasteiger charge is -2.18. The van der Waals surface area contributed by atoms with Crippen LogP contribution in [0.25, 0.3) is 0 Å². The molecule has 14 heavy (non-hydrogen) atoms. The number of phenols is 1. The molecule has 0 amide bonds. The molecule has 1 N–H and O–H groups in total. The molecule has 1 aromatic carbocycles. The highest BCUT2D eigenvalue weighted by atomic mass is 35.5. The average molecular weight is 214 g/mol. The van der Waals surface area contributed by atoms with Gasteiger partial charge in [-0.25, -0.2) is 4.39 Å². The van der Waals surface area contributed by atoms with Gasteiger partial charge in [0.1, 0.15) is 11.6 Å². The van der Waals surface area contributed by atoms with E-state index >= 15 is 0 Å². The number of benzene rings is 1. The van der Waals surface area contributed by atoms with Gasteiger partial charge < -0.3 is 5.11 Å². The van der Waals surface area contributed by atoms with E-state index in [-0.39, 0.29) is 16.3 Å². The first-order chi connectivity index (χ1) is 6.38. The molecule has 1 rings (SSSR count). The maximum Gasteiger partial charge on any atom is 0.133 e. The summed E-state index contributed by atoms with van der Waals surface area (Å²) in [5, 5.41) is 17.9. The van der Waals surface area contributed by atoms with Crippen LogP contribution in [0, 0.1) is 17.1 Å². The summed E-state index contributed by atoms with van der Waals surface area (Å²) in [5.74, 6) is -0.911. The van der Waals surface area contributed by atoms with Crippen LogP contribution >= 0.6 is 11.6 Å². The van der Waals surface area contributed by atoms with Crippen LogP contribution in [0.5, 0.6) is 5.75 Å². The molecule has 0 heterocycles. The Morgan fingerprint density at radius 2 is 2.07 bits per heavy atom. The summed E-state index contributed by atoms with van der Waals surface area (Å²) < 4.78 is 13.4. The number of rotatable bonds is 1. The SMILES string of the molecule is CC(C)(C#N)c1c(F)cc(O)cc1Cl. The van der Waals surface area contributed by atoms with E-state index in [4.69, 9.17) is 22.0 Å². The molecule has 1 aromatic rings. The summed E-state index contributed by atoms with van der Waals surface area (Å²) in [6.45, 7) is 3.13. The molecular weight excluding hydrogens is 205 g/mol. The highest BCUT2D eigenvalue weighted by molar-refractivity contribution is 6.31. The number of hydrogen-bond donors (Lipinski definition) is 1. The lowest BCUT2D eigenvalue weighted by atomic mass is 9.86. The minimum absolute atomic E-state index is 0.0639. The molecule has 0 atom stereocenters. The largest absolute Gasteiger partial charge is 0.508 e. The normalized spacial score (nSPS) is 11.1. The van der Waals surface area contributed by atoms with Crippen LogP contribution in [-0.2, 0) is 5.41 Å². The average Bonchev–Trinajstić information content (AvgIpc) is 2.01. The molecule has 0 aliphatic heterocycles. The zero-order valence-electron chi connectivity index (χ0n) is 7.81. The van der Waals surface area contributed by atoms with Gasteiger partial charge in [-0.2, -0.15) is 5.26 Å². The Kier molecular flexibility index (Phi) is 2.68. The zero-order valence-corrected chi connectivity index (χ0v) is 8.56. The van der Waals surface area contributed by atoms with E-state index in [9.17, 15) is 4.39 Å². The third-order valence-electron chi connectivity index (χ3n) is 1.93. The molecule has 0 aliphatic carbocycles. The lowest BCUT2D eigenvalue weighted by molar-refractivity contribution is 0.465. The van der Waals surface area contributed by atoms with Crippen LogP contribution in [0.2, 0.25) is 5.02 Å². The third-order valence-corrected chi connectivity index (χ3v) is 2.23. The van der Waals surface area contributed by atoms with Crippen molar-refractivity contribution < 1.29 is 9.50 Å². The predicted octanol–water partition coefficient (Wildman–Crippen LogP) is 2.99. The van der Waals surface area contributed by atoms with Crippen molar-refractivity contribution in [3.63, 3.8) is 0 Å². The molecular formula is C10H9ClFNO. The minimum atomic E-state index is -1.01. The molecule has 0 saturated heterocycles. The third kappa shape index (κ3) is 1.80. The van der Waals surface area contributed by atoms with Crippen molar-refractivity contribution in [2.24, 2.45) is 0 Å². The Morgan fingerprint density at radius 3 is 2.50 bits per heavy atom. The van der Waals surface area contributed by atoms with Gasteiger partial charge in [0.2, 0.25) is 0 Å². The van der Waals surface area contributed by atoms with Crippen LogP contribution in [-0.4, -0.2) is 5.11 Å². The minimum Gasteiger partial charge on any atom is -0.508 e. The molecule has 4 heteroatoms. The van der Waals surface area contributed by atoms with Gasteiger partial charge in [0.15, 0.2) is 0 Å². The summed E-state index contributed by atoms with van der Waals surface area (Å²) in [7, 11) is 0. The van der Waals surface area contributed by atoms with Gasteiger partial charge in [-0.15, -0.1) is 0 Å². The fourth-order valence-corrected chi connectivity index (χ4v) is 1.65. The van der Waals surface area contributed by atoms with E-state index in [1.54, 1.807) is 13.8 Å². The first kappa shape index (κ1) is 10.8. The lowest BCUT2D eigenvalue weighted by Crippen LogP contribution is -2.16. The van der Waals surface area contributed by atoms with Crippen LogP contribution in [0.4, 0.5) is 4.39 Å². The van der Waals surface area contributed by atoms with E-state index in [1.807, 2.05) is 6.07 Å². The Hall–Kier alpha value is -1.27. The van der Waals surface area contributed by atoms with E-state index in [1.165, 1.54) is 6.07 Å². The molecule has 0 spiro atoms. The summed E-state index contributed by atoms with van der Waals surface area (Å²) in [6, 6.07) is 4.12. The first-order valence-corrected chi connectivity index (χ1v) is 4.36. The van der Waals surface area contributed by atoms with Crippen molar-refractivity contribution in [1.82, 2.24) is 0 Å². The molecule has 2 nitrogen and oxygen atoms in total. The predicted molar refractivity (Wildman–Crippen MR) is 51.7 cm³/mol. The summed E-state index contributed by atoms with van der Waals surface area (Å²) in [6.07, 6.45) is 0. The standard InChI is InChI=1S/C10H9ClFNO/c1-10(2,5-13)9-7(11)3-6(14)4-8(9)12/h3-4,14H,1-2H3. The Morgan fingerprint density at radius 1 is 1.50 bits per heavy atom. The molecule has 0 aliphatic rings.